The maximum absolute atomic E-state index is 5.08. The first kappa shape index (κ1) is 13.3. The van der Waals surface area contributed by atoms with Crippen molar-refractivity contribution in [1.82, 2.24) is 15.5 Å². The normalized spacial score (nSPS) is 10.5. The van der Waals surface area contributed by atoms with Crippen molar-refractivity contribution in [3.63, 3.8) is 0 Å². The maximum Gasteiger partial charge on any atom is 0.211 e. The number of hydrogen-bond donors (Lipinski definition) is 2. The van der Waals surface area contributed by atoms with Crippen molar-refractivity contribution in [3.05, 3.63) is 5.01 Å². The second-order valence-corrected chi connectivity index (χ2v) is 4.86. The average molecular weight is 258 g/mol. The number of hydrogen-bond acceptors (Lipinski definition) is 4. The Labute approximate surface area is 106 Å². The van der Waals surface area contributed by atoms with Gasteiger partial charge in [-0.2, -0.15) is 0 Å². The van der Waals surface area contributed by atoms with Gasteiger partial charge in [-0.05, 0) is 32.0 Å². The van der Waals surface area contributed by atoms with Crippen LogP contribution in [0.5, 0.6) is 0 Å². The number of nitrogens with one attached hydrogen (secondary N) is 2. The van der Waals surface area contributed by atoms with Gasteiger partial charge in [0.15, 0.2) is 5.11 Å². The fourth-order valence-corrected chi connectivity index (χ4v) is 2.71. The van der Waals surface area contributed by atoms with E-state index in [1.807, 2.05) is 6.92 Å². The van der Waals surface area contributed by atoms with Gasteiger partial charge in [-0.25, -0.2) is 0 Å². The molecule has 1 aromatic rings. The van der Waals surface area contributed by atoms with E-state index in [0.29, 0.717) is 11.0 Å². The summed E-state index contributed by atoms with van der Waals surface area (Å²) in [5.74, 6) is 0.515. The Hall–Kier alpha value is -0.750. The summed E-state index contributed by atoms with van der Waals surface area (Å²) in [6.45, 7) is 7.16. The SMILES string of the molecule is CCNC(=S)Nc1nnc(C(CC)CC)s1. The number of aromatic nitrogens is 2. The lowest BCUT2D eigenvalue weighted by molar-refractivity contribution is 0.630. The zero-order valence-electron chi connectivity index (χ0n) is 9.91. The van der Waals surface area contributed by atoms with E-state index in [4.69, 9.17) is 12.2 Å². The standard InChI is InChI=1S/C10H18N4S2/c1-4-7(5-2)8-13-14-10(16-8)12-9(15)11-6-3/h7H,4-6H2,1-3H3,(H2,11,12,14,15). The van der Waals surface area contributed by atoms with Crippen LogP contribution in [0.2, 0.25) is 0 Å². The molecule has 90 valence electrons. The number of thiocarbonyl (C=S) groups is 1. The molecule has 16 heavy (non-hydrogen) atoms. The van der Waals surface area contributed by atoms with Gasteiger partial charge < -0.3 is 10.6 Å². The molecule has 0 unspecified atom stereocenters. The molecule has 1 rings (SSSR count). The van der Waals surface area contributed by atoms with E-state index >= 15 is 0 Å². The lowest BCUT2D eigenvalue weighted by Crippen LogP contribution is -2.27. The molecule has 0 aromatic carbocycles. The second kappa shape index (κ2) is 6.75. The van der Waals surface area contributed by atoms with Crippen LogP contribution in [0.1, 0.15) is 44.5 Å². The van der Waals surface area contributed by atoms with Crippen LogP contribution in [0.25, 0.3) is 0 Å². The molecule has 1 heterocycles. The zero-order chi connectivity index (χ0) is 12.0. The van der Waals surface area contributed by atoms with Gasteiger partial charge in [-0.15, -0.1) is 10.2 Å². The van der Waals surface area contributed by atoms with Gasteiger partial charge in [-0.1, -0.05) is 25.2 Å². The van der Waals surface area contributed by atoms with Crippen LogP contribution >= 0.6 is 23.6 Å². The van der Waals surface area contributed by atoms with E-state index in [1.54, 1.807) is 11.3 Å². The van der Waals surface area contributed by atoms with Crippen molar-refractivity contribution in [2.75, 3.05) is 11.9 Å². The third kappa shape index (κ3) is 3.68. The predicted octanol–water partition coefficient (Wildman–Crippen LogP) is 2.75. The van der Waals surface area contributed by atoms with Crippen molar-refractivity contribution >= 4 is 33.8 Å². The van der Waals surface area contributed by atoms with Gasteiger partial charge >= 0.3 is 0 Å². The van der Waals surface area contributed by atoms with Crippen molar-refractivity contribution in [3.8, 4) is 0 Å². The summed E-state index contributed by atoms with van der Waals surface area (Å²) in [6.07, 6.45) is 2.20. The second-order valence-electron chi connectivity index (χ2n) is 3.44. The Bertz CT molecular complexity index is 333. The summed E-state index contributed by atoms with van der Waals surface area (Å²) in [5.41, 5.74) is 0. The molecule has 0 fully saturated rings. The highest BCUT2D eigenvalue weighted by atomic mass is 32.1. The van der Waals surface area contributed by atoms with E-state index in [-0.39, 0.29) is 0 Å². The summed E-state index contributed by atoms with van der Waals surface area (Å²) >= 11 is 6.67. The van der Waals surface area contributed by atoms with E-state index in [1.165, 1.54) is 0 Å². The Kier molecular flexibility index (Phi) is 5.62. The molecule has 0 spiro atoms. The predicted molar refractivity (Wildman–Crippen MR) is 73.1 cm³/mol. The molecule has 6 heteroatoms. The summed E-state index contributed by atoms with van der Waals surface area (Å²) in [7, 11) is 0. The van der Waals surface area contributed by atoms with Gasteiger partial charge in [0.1, 0.15) is 5.01 Å². The van der Waals surface area contributed by atoms with E-state index in [0.717, 1.165) is 29.5 Å². The zero-order valence-corrected chi connectivity index (χ0v) is 11.5. The molecule has 0 saturated carbocycles. The molecule has 0 amide bonds. The minimum atomic E-state index is 0.515. The average Bonchev–Trinajstić information content (AvgIpc) is 2.68. The van der Waals surface area contributed by atoms with Crippen molar-refractivity contribution in [2.45, 2.75) is 39.5 Å². The Morgan fingerprint density at radius 1 is 1.31 bits per heavy atom. The van der Waals surface area contributed by atoms with Crippen molar-refractivity contribution in [1.29, 1.82) is 0 Å². The highest BCUT2D eigenvalue weighted by molar-refractivity contribution is 7.80. The summed E-state index contributed by atoms with van der Waals surface area (Å²) in [5, 5.41) is 16.8. The van der Waals surface area contributed by atoms with Crippen molar-refractivity contribution < 1.29 is 0 Å². The fraction of sp³-hybridized carbons (Fsp3) is 0.700. The van der Waals surface area contributed by atoms with Gasteiger partial charge in [0.05, 0.1) is 0 Å². The molecule has 0 saturated heterocycles. The highest BCUT2D eigenvalue weighted by Crippen LogP contribution is 2.27. The van der Waals surface area contributed by atoms with Crippen molar-refractivity contribution in [2.24, 2.45) is 0 Å². The first-order chi connectivity index (χ1) is 7.71. The molecular formula is C10H18N4S2. The molecule has 0 bridgehead atoms. The van der Waals surface area contributed by atoms with Gasteiger partial charge in [-0.3, -0.25) is 0 Å². The summed E-state index contributed by atoms with van der Waals surface area (Å²) < 4.78 is 0. The van der Waals surface area contributed by atoms with Gasteiger partial charge in [0.2, 0.25) is 5.13 Å². The van der Waals surface area contributed by atoms with Crippen LogP contribution in [0.4, 0.5) is 5.13 Å². The Morgan fingerprint density at radius 2 is 2.00 bits per heavy atom. The van der Waals surface area contributed by atoms with Crippen LogP contribution in [0.3, 0.4) is 0 Å². The van der Waals surface area contributed by atoms with E-state index in [2.05, 4.69) is 34.7 Å². The smallest absolute Gasteiger partial charge is 0.211 e. The van der Waals surface area contributed by atoms with Crippen LogP contribution in [0.15, 0.2) is 0 Å². The molecule has 1 aromatic heterocycles. The largest absolute Gasteiger partial charge is 0.363 e. The number of nitrogens with zero attached hydrogens (tertiary/aromatic N) is 2. The third-order valence-corrected chi connectivity index (χ3v) is 3.58. The van der Waals surface area contributed by atoms with Crippen LogP contribution in [0, 0.1) is 0 Å². The number of rotatable bonds is 5. The monoisotopic (exact) mass is 258 g/mol. The summed E-state index contributed by atoms with van der Waals surface area (Å²) in [6, 6.07) is 0. The lowest BCUT2D eigenvalue weighted by atomic mass is 10.1. The summed E-state index contributed by atoms with van der Waals surface area (Å²) in [4.78, 5) is 0. The minimum Gasteiger partial charge on any atom is -0.363 e. The number of anilines is 1. The molecule has 0 aliphatic heterocycles. The molecule has 0 aliphatic carbocycles. The molecule has 0 radical (unpaired) electrons. The minimum absolute atomic E-state index is 0.515. The molecular weight excluding hydrogens is 240 g/mol. The topological polar surface area (TPSA) is 49.8 Å². The van der Waals surface area contributed by atoms with E-state index < -0.39 is 0 Å². The Morgan fingerprint density at radius 3 is 2.56 bits per heavy atom. The molecule has 4 nitrogen and oxygen atoms in total. The Balaban J connectivity index is 2.60. The van der Waals surface area contributed by atoms with Crippen LogP contribution < -0.4 is 10.6 Å². The fourth-order valence-electron chi connectivity index (χ4n) is 1.39. The van der Waals surface area contributed by atoms with E-state index in [9.17, 15) is 0 Å². The maximum atomic E-state index is 5.08. The third-order valence-electron chi connectivity index (χ3n) is 2.33. The molecule has 0 atom stereocenters. The van der Waals surface area contributed by atoms with Crippen LogP contribution in [-0.4, -0.2) is 21.9 Å². The highest BCUT2D eigenvalue weighted by Gasteiger charge is 2.13. The van der Waals surface area contributed by atoms with Gasteiger partial charge in [0.25, 0.3) is 0 Å². The van der Waals surface area contributed by atoms with Crippen LogP contribution in [-0.2, 0) is 0 Å². The quantitative estimate of drug-likeness (QED) is 0.795. The first-order valence-corrected chi connectivity index (χ1v) is 6.81. The lowest BCUT2D eigenvalue weighted by Gasteiger charge is -2.06. The molecule has 2 N–H and O–H groups in total. The van der Waals surface area contributed by atoms with Gasteiger partial charge in [0, 0.05) is 12.5 Å². The first-order valence-electron chi connectivity index (χ1n) is 5.59. The molecule has 0 aliphatic rings.